The Morgan fingerprint density at radius 3 is 2.90 bits per heavy atom. The third-order valence-electron chi connectivity index (χ3n) is 4.04. The van der Waals surface area contributed by atoms with Crippen molar-refractivity contribution in [1.82, 2.24) is 10.3 Å². The Balaban J connectivity index is 2.18. The molecule has 1 aromatic rings. The van der Waals surface area contributed by atoms with Crippen molar-refractivity contribution in [2.75, 3.05) is 31.2 Å². The molecule has 1 aliphatic rings. The van der Waals surface area contributed by atoms with Gasteiger partial charge in [-0.25, -0.2) is 4.98 Å². The van der Waals surface area contributed by atoms with E-state index in [4.69, 9.17) is 9.72 Å². The first kappa shape index (κ1) is 16.2. The molecule has 1 unspecified atom stereocenters. The molecule has 1 fully saturated rings. The van der Waals surface area contributed by atoms with Crippen LogP contribution >= 0.6 is 0 Å². The minimum absolute atomic E-state index is 0.454. The van der Waals surface area contributed by atoms with E-state index in [1.165, 1.54) is 17.7 Å². The van der Waals surface area contributed by atoms with Crippen molar-refractivity contribution in [2.24, 2.45) is 0 Å². The van der Waals surface area contributed by atoms with E-state index in [0.717, 1.165) is 51.5 Å². The summed E-state index contributed by atoms with van der Waals surface area (Å²) < 4.78 is 5.61. The molecule has 1 N–H and O–H groups in total. The van der Waals surface area contributed by atoms with Crippen molar-refractivity contribution >= 4 is 5.82 Å². The van der Waals surface area contributed by atoms with E-state index in [-0.39, 0.29) is 0 Å². The molecular weight excluding hydrogens is 262 g/mol. The van der Waals surface area contributed by atoms with Crippen molar-refractivity contribution < 1.29 is 4.74 Å². The number of nitrogens with zero attached hydrogens (tertiary/aromatic N) is 2. The molecule has 0 radical (unpaired) electrons. The van der Waals surface area contributed by atoms with E-state index >= 15 is 0 Å². The summed E-state index contributed by atoms with van der Waals surface area (Å²) in [6, 6.07) is 4.93. The molecule has 2 heterocycles. The highest BCUT2D eigenvalue weighted by molar-refractivity contribution is 5.44. The van der Waals surface area contributed by atoms with Gasteiger partial charge in [-0.05, 0) is 43.5 Å². The molecule has 0 spiro atoms. The molecule has 1 aliphatic heterocycles. The number of hydrogen-bond acceptors (Lipinski definition) is 4. The Morgan fingerprint density at radius 2 is 2.19 bits per heavy atom. The topological polar surface area (TPSA) is 37.4 Å². The van der Waals surface area contributed by atoms with Gasteiger partial charge in [-0.3, -0.25) is 0 Å². The number of ether oxygens (including phenoxy) is 1. The van der Waals surface area contributed by atoms with Crippen LogP contribution in [0, 0.1) is 0 Å². The summed E-state index contributed by atoms with van der Waals surface area (Å²) in [6.07, 6.45) is 3.25. The molecule has 118 valence electrons. The number of nitrogens with one attached hydrogen (secondary N) is 1. The second kappa shape index (κ2) is 8.35. The highest BCUT2D eigenvalue weighted by atomic mass is 16.5. The van der Waals surface area contributed by atoms with Gasteiger partial charge in [0.25, 0.3) is 0 Å². The van der Waals surface area contributed by atoms with Crippen molar-refractivity contribution in [1.29, 1.82) is 0 Å². The highest BCUT2D eigenvalue weighted by Gasteiger charge is 2.23. The largest absolute Gasteiger partial charge is 0.377 e. The Kier molecular flexibility index (Phi) is 6.46. The van der Waals surface area contributed by atoms with E-state index in [1.807, 2.05) is 0 Å². The fourth-order valence-corrected chi connectivity index (χ4v) is 2.77. The first-order valence-electron chi connectivity index (χ1n) is 8.33. The van der Waals surface area contributed by atoms with E-state index in [0.29, 0.717) is 6.04 Å². The minimum atomic E-state index is 0.454. The van der Waals surface area contributed by atoms with Gasteiger partial charge in [-0.15, -0.1) is 0 Å². The van der Waals surface area contributed by atoms with Crippen LogP contribution in [0.4, 0.5) is 5.82 Å². The Morgan fingerprint density at radius 1 is 1.33 bits per heavy atom. The number of rotatable bonds is 7. The number of aryl methyl sites for hydroxylation is 1. The minimum Gasteiger partial charge on any atom is -0.377 e. The summed E-state index contributed by atoms with van der Waals surface area (Å²) in [4.78, 5) is 7.27. The van der Waals surface area contributed by atoms with Crippen molar-refractivity contribution in [3.8, 4) is 0 Å². The predicted molar refractivity (Wildman–Crippen MR) is 87.9 cm³/mol. The summed E-state index contributed by atoms with van der Waals surface area (Å²) in [5.74, 6) is 1.12. The van der Waals surface area contributed by atoms with Gasteiger partial charge < -0.3 is 15.0 Å². The van der Waals surface area contributed by atoms with Gasteiger partial charge >= 0.3 is 0 Å². The molecule has 0 aromatic carbocycles. The van der Waals surface area contributed by atoms with E-state index in [1.54, 1.807) is 0 Å². The van der Waals surface area contributed by atoms with Crippen molar-refractivity contribution in [2.45, 2.75) is 52.6 Å². The van der Waals surface area contributed by atoms with Gasteiger partial charge in [-0.2, -0.15) is 0 Å². The molecule has 21 heavy (non-hydrogen) atoms. The fraction of sp³-hybridized carbons (Fsp3) is 0.706. The lowest BCUT2D eigenvalue weighted by Gasteiger charge is -2.36. The third kappa shape index (κ3) is 4.42. The molecular formula is C17H29N3O. The second-order valence-electron chi connectivity index (χ2n) is 5.69. The van der Waals surface area contributed by atoms with Crippen LogP contribution in [-0.2, 0) is 17.7 Å². The van der Waals surface area contributed by atoms with Crippen LogP contribution in [0.3, 0.4) is 0 Å². The molecule has 0 amide bonds. The Bertz CT molecular complexity index is 436. The summed E-state index contributed by atoms with van der Waals surface area (Å²) in [7, 11) is 0. The lowest BCUT2D eigenvalue weighted by molar-refractivity contribution is 0.0925. The van der Waals surface area contributed by atoms with Gasteiger partial charge in [0.05, 0.1) is 19.3 Å². The first-order chi connectivity index (χ1) is 10.3. The average Bonchev–Trinajstić information content (AvgIpc) is 2.54. The molecule has 1 aromatic heterocycles. The molecule has 1 atom stereocenters. The predicted octanol–water partition coefficient (Wildman–Crippen LogP) is 2.76. The van der Waals surface area contributed by atoms with Gasteiger partial charge in [0.1, 0.15) is 5.82 Å². The third-order valence-corrected chi connectivity index (χ3v) is 4.04. The van der Waals surface area contributed by atoms with Crippen LogP contribution in [0.1, 0.15) is 44.9 Å². The second-order valence-corrected chi connectivity index (χ2v) is 5.69. The van der Waals surface area contributed by atoms with Crippen LogP contribution in [-0.4, -0.2) is 37.3 Å². The molecule has 0 saturated carbocycles. The summed E-state index contributed by atoms with van der Waals surface area (Å²) in [5, 5.41) is 3.49. The molecule has 2 rings (SSSR count). The highest BCUT2D eigenvalue weighted by Crippen LogP contribution is 2.21. The fourth-order valence-electron chi connectivity index (χ4n) is 2.77. The van der Waals surface area contributed by atoms with Crippen LogP contribution < -0.4 is 10.2 Å². The number of hydrogen-bond donors (Lipinski definition) is 1. The quantitative estimate of drug-likeness (QED) is 0.784. The lowest BCUT2D eigenvalue weighted by atomic mass is 10.1. The Labute approximate surface area is 128 Å². The maximum atomic E-state index is 5.61. The van der Waals surface area contributed by atoms with Crippen molar-refractivity contribution in [3.63, 3.8) is 0 Å². The molecule has 4 heteroatoms. The Hall–Kier alpha value is -1.13. The smallest absolute Gasteiger partial charge is 0.129 e. The SMILES string of the molecule is CCCNCc1cc(CC)nc(N2CCOCC2CC)c1. The molecule has 0 bridgehead atoms. The summed E-state index contributed by atoms with van der Waals surface area (Å²) >= 11 is 0. The molecule has 0 aliphatic carbocycles. The lowest BCUT2D eigenvalue weighted by Crippen LogP contribution is -2.45. The van der Waals surface area contributed by atoms with Crippen molar-refractivity contribution in [3.05, 3.63) is 23.4 Å². The standard InChI is InChI=1S/C17H29N3O/c1-4-7-18-12-14-10-15(5-2)19-17(11-14)20-8-9-21-13-16(20)6-3/h10-11,16,18H,4-9,12-13H2,1-3H3. The van der Waals surface area contributed by atoms with E-state index in [9.17, 15) is 0 Å². The number of anilines is 1. The van der Waals surface area contributed by atoms with Gasteiger partial charge in [0.2, 0.25) is 0 Å². The van der Waals surface area contributed by atoms with Gasteiger partial charge in [-0.1, -0.05) is 20.8 Å². The number of morpholine rings is 1. The molecule has 4 nitrogen and oxygen atoms in total. The van der Waals surface area contributed by atoms with Gasteiger partial charge in [0, 0.05) is 18.8 Å². The van der Waals surface area contributed by atoms with Gasteiger partial charge in [0.15, 0.2) is 0 Å². The maximum Gasteiger partial charge on any atom is 0.129 e. The zero-order chi connectivity index (χ0) is 15.1. The average molecular weight is 291 g/mol. The summed E-state index contributed by atoms with van der Waals surface area (Å²) in [5.41, 5.74) is 2.52. The molecule has 1 saturated heterocycles. The maximum absolute atomic E-state index is 5.61. The normalized spacial score (nSPS) is 19.0. The monoisotopic (exact) mass is 291 g/mol. The van der Waals surface area contributed by atoms with Crippen LogP contribution in [0.2, 0.25) is 0 Å². The van der Waals surface area contributed by atoms with Crippen LogP contribution in [0.15, 0.2) is 12.1 Å². The zero-order valence-electron chi connectivity index (χ0n) is 13.7. The number of pyridine rings is 1. The van der Waals surface area contributed by atoms with Crippen LogP contribution in [0.25, 0.3) is 0 Å². The summed E-state index contributed by atoms with van der Waals surface area (Å²) in [6.45, 7) is 11.1. The zero-order valence-corrected chi connectivity index (χ0v) is 13.7. The first-order valence-corrected chi connectivity index (χ1v) is 8.33. The van der Waals surface area contributed by atoms with E-state index in [2.05, 4.69) is 43.1 Å². The van der Waals surface area contributed by atoms with Crippen LogP contribution in [0.5, 0.6) is 0 Å². The number of aromatic nitrogens is 1. The van der Waals surface area contributed by atoms with E-state index < -0.39 is 0 Å².